The molecule has 0 aliphatic rings. The average Bonchev–Trinajstić information content (AvgIpc) is 1.60. The van der Waals surface area contributed by atoms with Gasteiger partial charge in [-0.3, -0.25) is 9.11 Å². The molecule has 7 nitrogen and oxygen atoms in total. The van der Waals surface area contributed by atoms with Gasteiger partial charge < -0.3 is 0 Å². The van der Waals surface area contributed by atoms with Crippen LogP contribution in [0.4, 0.5) is 0 Å². The minimum atomic E-state index is -5.00. The summed E-state index contributed by atoms with van der Waals surface area (Å²) in [6.07, 6.45) is 0. The molecular formula is H5ClNNa3O6S2. The van der Waals surface area contributed by atoms with Gasteiger partial charge in [-0.2, -0.15) is 12.6 Å². The average molecular weight is 284 g/mol. The maximum absolute atomic E-state index is 10.1. The van der Waals surface area contributed by atoms with Crippen LogP contribution in [0.3, 0.4) is 0 Å². The molecule has 0 fully saturated rings. The molecular weight excluding hydrogens is 279 g/mol. The molecule has 1 atom stereocenters. The maximum atomic E-state index is 10.1. The van der Waals surface area contributed by atoms with Gasteiger partial charge in [0.05, 0.1) is 11.8 Å². The summed E-state index contributed by atoms with van der Waals surface area (Å²) in [5.41, 5.74) is 0. The van der Waals surface area contributed by atoms with Crippen LogP contribution in [-0.2, 0) is 24.3 Å². The predicted molar refractivity (Wildman–Crippen MR) is 53.1 cm³/mol. The fourth-order valence-electron chi connectivity index (χ4n) is 0.124. The zero-order valence-electron chi connectivity index (χ0n) is 4.17. The molecule has 0 bridgehead atoms. The van der Waals surface area contributed by atoms with Gasteiger partial charge in [0.25, 0.3) is 0 Å². The van der Waals surface area contributed by atoms with Crippen molar-refractivity contribution < 1.29 is 25.4 Å². The standard InChI is InChI=1S/ClH2NO6S2.3Na.3H/c1-2-9(3,4)8-10(5,6)7;;;;;;/h(H,2,3,4)(H,5,6,7);;;;;;. The number of halogens is 1. The van der Waals surface area contributed by atoms with E-state index in [0.717, 1.165) is 0 Å². The van der Waals surface area contributed by atoms with Gasteiger partial charge in [0, 0.05) is 0 Å². The molecule has 1 unspecified atom stereocenters. The molecule has 0 amide bonds. The Labute approximate surface area is 147 Å². The summed E-state index contributed by atoms with van der Waals surface area (Å²) in [5.74, 6) is 0. The molecule has 68 valence electrons. The SMILES string of the molecule is O=S(=O)(O)OS(=O)(O)=NCl.[NaH].[NaH].[NaH]. The van der Waals surface area contributed by atoms with E-state index >= 15 is 0 Å². The van der Waals surface area contributed by atoms with E-state index in [1.807, 2.05) is 0 Å². The first-order chi connectivity index (χ1) is 4.27. The normalized spacial score (nSPS) is 13.8. The number of nitrogens with zero attached hydrogens (tertiary/aromatic N) is 1. The van der Waals surface area contributed by atoms with Crippen molar-refractivity contribution in [3.8, 4) is 0 Å². The topological polar surface area (TPSA) is 113 Å². The summed E-state index contributed by atoms with van der Waals surface area (Å²) in [4.78, 5) is 0. The molecule has 0 heterocycles. The second kappa shape index (κ2) is 10.2. The first kappa shape index (κ1) is 25.1. The molecule has 0 aromatic heterocycles. The van der Waals surface area contributed by atoms with Crippen molar-refractivity contribution in [3.05, 3.63) is 0 Å². The Morgan fingerprint density at radius 1 is 1.08 bits per heavy atom. The number of hydrogen-bond donors (Lipinski definition) is 2. The Morgan fingerprint density at radius 3 is 1.46 bits per heavy atom. The van der Waals surface area contributed by atoms with Crippen LogP contribution in [0.15, 0.2) is 3.88 Å². The van der Waals surface area contributed by atoms with Gasteiger partial charge in [-0.15, -0.1) is 3.63 Å². The van der Waals surface area contributed by atoms with Crippen LogP contribution in [0.5, 0.6) is 0 Å². The molecule has 13 heteroatoms. The molecule has 0 radical (unpaired) electrons. The summed E-state index contributed by atoms with van der Waals surface area (Å²) in [5, 5.41) is 0. The van der Waals surface area contributed by atoms with Crippen molar-refractivity contribution in [3.63, 3.8) is 0 Å². The van der Waals surface area contributed by atoms with Crippen LogP contribution < -0.4 is 0 Å². The van der Waals surface area contributed by atoms with E-state index in [1.54, 1.807) is 0 Å². The van der Waals surface area contributed by atoms with E-state index < -0.39 is 20.7 Å². The first-order valence-electron chi connectivity index (χ1n) is 1.55. The van der Waals surface area contributed by atoms with Crippen molar-refractivity contribution >= 4 is 121 Å². The zero-order chi connectivity index (χ0) is 8.41. The zero-order valence-corrected chi connectivity index (χ0v) is 6.56. The van der Waals surface area contributed by atoms with Crippen molar-refractivity contribution in [1.82, 2.24) is 0 Å². The van der Waals surface area contributed by atoms with Gasteiger partial charge in [0.15, 0.2) is 0 Å². The predicted octanol–water partition coefficient (Wildman–Crippen LogP) is -2.13. The number of rotatable bonds is 2. The van der Waals surface area contributed by atoms with Crippen LogP contribution in [-0.4, -0.2) is 110 Å². The van der Waals surface area contributed by atoms with E-state index in [1.165, 1.54) is 0 Å². The van der Waals surface area contributed by atoms with E-state index in [4.69, 9.17) is 9.11 Å². The Balaban J connectivity index is -0.000000135. The molecule has 0 saturated heterocycles. The molecule has 2 N–H and O–H groups in total. The fourth-order valence-corrected chi connectivity index (χ4v) is 1.32. The molecule has 0 aliphatic heterocycles. The fraction of sp³-hybridized carbons (Fsp3) is 0. The molecule has 0 aliphatic carbocycles. The third-order valence-electron chi connectivity index (χ3n) is 0.262. The van der Waals surface area contributed by atoms with Gasteiger partial charge in [0.1, 0.15) is 0 Å². The summed E-state index contributed by atoms with van der Waals surface area (Å²) in [6, 6.07) is 0. The van der Waals surface area contributed by atoms with Crippen LogP contribution in [0.2, 0.25) is 0 Å². The van der Waals surface area contributed by atoms with Crippen molar-refractivity contribution in [2.45, 2.75) is 0 Å². The number of hydrogen-bond acceptors (Lipinski definition) is 5. The molecule has 0 aromatic rings. The van der Waals surface area contributed by atoms with E-state index in [2.05, 4.69) is 19.3 Å². The van der Waals surface area contributed by atoms with Crippen molar-refractivity contribution in [1.29, 1.82) is 0 Å². The summed E-state index contributed by atoms with van der Waals surface area (Å²) < 4.78 is 50.5. The van der Waals surface area contributed by atoms with Crippen LogP contribution in [0.1, 0.15) is 0 Å². The van der Waals surface area contributed by atoms with Gasteiger partial charge >= 0.3 is 109 Å². The molecule has 0 spiro atoms. The third kappa shape index (κ3) is 17.7. The molecule has 0 aromatic carbocycles. The van der Waals surface area contributed by atoms with Gasteiger partial charge in [-0.25, -0.2) is 0 Å². The van der Waals surface area contributed by atoms with Crippen molar-refractivity contribution in [2.75, 3.05) is 0 Å². The molecule has 13 heavy (non-hydrogen) atoms. The molecule has 0 saturated carbocycles. The van der Waals surface area contributed by atoms with E-state index in [9.17, 15) is 12.6 Å². The quantitative estimate of drug-likeness (QED) is 0.442. The molecule has 0 rings (SSSR count). The summed E-state index contributed by atoms with van der Waals surface area (Å²) in [6.45, 7) is 0. The Kier molecular flexibility index (Phi) is 19.7. The second-order valence-corrected chi connectivity index (χ2v) is 3.86. The van der Waals surface area contributed by atoms with E-state index in [0.29, 0.717) is 0 Å². The summed E-state index contributed by atoms with van der Waals surface area (Å²) in [7, 11) is -9.47. The minimum absolute atomic E-state index is 0. The third-order valence-corrected chi connectivity index (χ3v) is 2.36. The van der Waals surface area contributed by atoms with Crippen LogP contribution in [0.25, 0.3) is 0 Å². The first-order valence-corrected chi connectivity index (χ1v) is 4.65. The Morgan fingerprint density at radius 2 is 1.38 bits per heavy atom. The van der Waals surface area contributed by atoms with Crippen LogP contribution >= 0.6 is 11.8 Å². The Bertz CT molecular complexity index is 315. The van der Waals surface area contributed by atoms with Crippen LogP contribution in [0, 0.1) is 0 Å². The van der Waals surface area contributed by atoms with Gasteiger partial charge in [-0.1, -0.05) is 3.88 Å². The Hall–Kier alpha value is 3.07. The van der Waals surface area contributed by atoms with Gasteiger partial charge in [-0.05, 0) is 0 Å². The van der Waals surface area contributed by atoms with E-state index in [-0.39, 0.29) is 88.7 Å². The second-order valence-electron chi connectivity index (χ2n) is 1.01. The van der Waals surface area contributed by atoms with Crippen molar-refractivity contribution in [2.24, 2.45) is 3.88 Å². The van der Waals surface area contributed by atoms with Gasteiger partial charge in [0.2, 0.25) is 0 Å². The monoisotopic (exact) mass is 283 g/mol. The summed E-state index contributed by atoms with van der Waals surface area (Å²) >= 11 is 4.40.